The minimum Gasteiger partial charge on any atom is -0.317 e. The van der Waals surface area contributed by atoms with Crippen LogP contribution in [0.2, 0.25) is 0 Å². The maximum Gasteiger partial charge on any atom is 0.146 e. The van der Waals surface area contributed by atoms with Gasteiger partial charge in [0, 0.05) is 19.5 Å². The number of benzene rings is 1. The molecule has 3 rings (SSSR count). The van der Waals surface area contributed by atoms with E-state index in [4.69, 9.17) is 0 Å². The van der Waals surface area contributed by atoms with E-state index in [-0.39, 0.29) is 0 Å². The summed E-state index contributed by atoms with van der Waals surface area (Å²) in [7, 11) is 2.06. The van der Waals surface area contributed by atoms with E-state index in [2.05, 4.69) is 72.2 Å². The molecule has 1 aliphatic carbocycles. The molecule has 1 aromatic carbocycles. The van der Waals surface area contributed by atoms with E-state index < -0.39 is 0 Å². The average molecular weight is 312 g/mol. The number of rotatable bonds is 4. The fraction of sp³-hybridized carbons (Fsp3) is 0.579. The Hall–Kier alpha value is -1.68. The van der Waals surface area contributed by atoms with Crippen LogP contribution in [0.5, 0.6) is 0 Å². The number of fused-ring (bicyclic) bond motifs is 1. The molecule has 0 fully saturated rings. The highest BCUT2D eigenvalue weighted by atomic mass is 15.3. The molecule has 0 spiro atoms. The zero-order valence-electron chi connectivity index (χ0n) is 14.8. The molecule has 1 atom stereocenters. The zero-order chi connectivity index (χ0) is 16.4. The lowest BCUT2D eigenvalue weighted by molar-refractivity contribution is 0.271. The highest BCUT2D eigenvalue weighted by Gasteiger charge is 2.29. The van der Waals surface area contributed by atoms with E-state index >= 15 is 0 Å². The second-order valence-electron chi connectivity index (χ2n) is 7.45. The summed E-state index contributed by atoms with van der Waals surface area (Å²) in [6, 6.07) is 9.25. The van der Waals surface area contributed by atoms with Crippen LogP contribution in [0.4, 0.5) is 0 Å². The third kappa shape index (κ3) is 3.47. The summed E-state index contributed by atoms with van der Waals surface area (Å²) < 4.78 is 2.11. The minimum absolute atomic E-state index is 0.352. The molecule has 0 saturated heterocycles. The smallest absolute Gasteiger partial charge is 0.146 e. The second kappa shape index (κ2) is 6.44. The van der Waals surface area contributed by atoms with E-state index in [1.54, 1.807) is 0 Å². The summed E-state index contributed by atoms with van der Waals surface area (Å²) in [5.74, 6) is 2.06. The lowest BCUT2D eigenvalue weighted by Crippen LogP contribution is -2.26. The van der Waals surface area contributed by atoms with Crippen LogP contribution >= 0.6 is 0 Å². The summed E-state index contributed by atoms with van der Waals surface area (Å²) in [6.07, 6.45) is 4.49. The van der Waals surface area contributed by atoms with Crippen LogP contribution in [0.25, 0.3) is 0 Å². The van der Waals surface area contributed by atoms with Crippen LogP contribution in [0.15, 0.2) is 24.3 Å². The van der Waals surface area contributed by atoms with Crippen LogP contribution in [0.3, 0.4) is 0 Å². The first-order chi connectivity index (χ1) is 11.0. The van der Waals surface area contributed by atoms with E-state index in [9.17, 15) is 0 Å². The molecular weight excluding hydrogens is 284 g/mol. The number of hydrogen-bond acceptors (Lipinski definition) is 3. The molecule has 0 bridgehead atoms. The van der Waals surface area contributed by atoms with Gasteiger partial charge in [-0.25, -0.2) is 0 Å². The van der Waals surface area contributed by atoms with E-state index in [1.807, 2.05) is 0 Å². The molecule has 4 nitrogen and oxygen atoms in total. The zero-order valence-corrected chi connectivity index (χ0v) is 14.8. The Balaban J connectivity index is 1.80. The highest BCUT2D eigenvalue weighted by molar-refractivity contribution is 5.31. The summed E-state index contributed by atoms with van der Waals surface area (Å²) in [4.78, 5) is 0. The van der Waals surface area contributed by atoms with Crippen molar-refractivity contribution in [3.05, 3.63) is 47.0 Å². The number of aryl methyl sites for hydroxylation is 2. The third-order valence-corrected chi connectivity index (χ3v) is 5.14. The standard InChI is InChI=1S/C19H28N4/c1-5-17-21-22-18(23(17)4)13-20-16-12-19(2,3)11-10-14-8-6-7-9-15(14)16/h6-9,16,20H,5,10-13H2,1-4H3/t16-/m0/s1. The number of nitrogens with zero attached hydrogens (tertiary/aromatic N) is 3. The van der Waals surface area contributed by atoms with Gasteiger partial charge in [0.2, 0.25) is 0 Å². The maximum absolute atomic E-state index is 4.34. The van der Waals surface area contributed by atoms with Crippen LogP contribution in [0, 0.1) is 5.41 Å². The van der Waals surface area contributed by atoms with Crippen molar-refractivity contribution in [3.8, 4) is 0 Å². The van der Waals surface area contributed by atoms with Gasteiger partial charge in [0.1, 0.15) is 11.6 Å². The number of hydrogen-bond donors (Lipinski definition) is 1. The molecular formula is C19H28N4. The molecule has 0 saturated carbocycles. The Morgan fingerprint density at radius 1 is 1.22 bits per heavy atom. The van der Waals surface area contributed by atoms with Gasteiger partial charge in [-0.3, -0.25) is 0 Å². The van der Waals surface area contributed by atoms with Crippen molar-refractivity contribution >= 4 is 0 Å². The molecule has 4 heteroatoms. The van der Waals surface area contributed by atoms with Gasteiger partial charge in [-0.1, -0.05) is 45.0 Å². The predicted octanol–water partition coefficient (Wildman–Crippen LogP) is 3.57. The van der Waals surface area contributed by atoms with Gasteiger partial charge in [-0.15, -0.1) is 10.2 Å². The van der Waals surface area contributed by atoms with E-state index in [0.717, 1.165) is 31.0 Å². The van der Waals surface area contributed by atoms with Gasteiger partial charge in [0.15, 0.2) is 0 Å². The number of nitrogens with one attached hydrogen (secondary N) is 1. The normalized spacial score (nSPS) is 20.1. The maximum atomic E-state index is 4.34. The van der Waals surface area contributed by atoms with Crippen molar-refractivity contribution in [1.82, 2.24) is 20.1 Å². The highest BCUT2D eigenvalue weighted by Crippen LogP contribution is 2.39. The Labute approximate surface area is 139 Å². The molecule has 2 aromatic rings. The summed E-state index contributed by atoms with van der Waals surface area (Å²) in [5, 5.41) is 12.3. The van der Waals surface area contributed by atoms with Crippen molar-refractivity contribution in [2.45, 2.75) is 59.0 Å². The largest absolute Gasteiger partial charge is 0.317 e. The molecule has 1 aliphatic rings. The van der Waals surface area contributed by atoms with Crippen molar-refractivity contribution in [2.24, 2.45) is 12.5 Å². The molecule has 1 heterocycles. The van der Waals surface area contributed by atoms with E-state index in [1.165, 1.54) is 24.0 Å². The van der Waals surface area contributed by atoms with Crippen molar-refractivity contribution in [2.75, 3.05) is 0 Å². The molecule has 0 amide bonds. The number of aromatic nitrogens is 3. The molecule has 0 radical (unpaired) electrons. The van der Waals surface area contributed by atoms with Crippen LogP contribution in [-0.2, 0) is 26.4 Å². The summed E-state index contributed by atoms with van der Waals surface area (Å²) in [5.41, 5.74) is 3.30. The Bertz CT molecular complexity index is 672. The van der Waals surface area contributed by atoms with Crippen molar-refractivity contribution in [3.63, 3.8) is 0 Å². The van der Waals surface area contributed by atoms with Gasteiger partial charge in [0.25, 0.3) is 0 Å². The predicted molar refractivity (Wildman–Crippen MR) is 93.1 cm³/mol. The molecule has 0 unspecified atom stereocenters. The fourth-order valence-corrected chi connectivity index (χ4v) is 3.60. The first-order valence-corrected chi connectivity index (χ1v) is 8.68. The van der Waals surface area contributed by atoms with Gasteiger partial charge >= 0.3 is 0 Å². The van der Waals surface area contributed by atoms with Crippen LogP contribution < -0.4 is 5.32 Å². The first-order valence-electron chi connectivity index (χ1n) is 8.68. The quantitative estimate of drug-likeness (QED) is 0.878. The van der Waals surface area contributed by atoms with Gasteiger partial charge in [-0.2, -0.15) is 0 Å². The Morgan fingerprint density at radius 2 is 1.96 bits per heavy atom. The molecule has 1 aromatic heterocycles. The van der Waals surface area contributed by atoms with Crippen LogP contribution in [0.1, 0.15) is 62.4 Å². The first kappa shape index (κ1) is 16.2. The Kier molecular flexibility index (Phi) is 4.53. The lowest BCUT2D eigenvalue weighted by atomic mass is 9.83. The fourth-order valence-electron chi connectivity index (χ4n) is 3.60. The van der Waals surface area contributed by atoms with Crippen molar-refractivity contribution in [1.29, 1.82) is 0 Å². The monoisotopic (exact) mass is 312 g/mol. The molecule has 23 heavy (non-hydrogen) atoms. The Morgan fingerprint density at radius 3 is 2.70 bits per heavy atom. The van der Waals surface area contributed by atoms with Gasteiger partial charge < -0.3 is 9.88 Å². The van der Waals surface area contributed by atoms with Gasteiger partial charge in [-0.05, 0) is 35.8 Å². The average Bonchev–Trinajstić information content (AvgIpc) is 2.83. The van der Waals surface area contributed by atoms with Gasteiger partial charge in [0.05, 0.1) is 6.54 Å². The molecule has 0 aliphatic heterocycles. The SMILES string of the molecule is CCc1nnc(CN[C@H]2CC(C)(C)CCc3ccccc32)n1C. The molecule has 124 valence electrons. The van der Waals surface area contributed by atoms with E-state index in [0.29, 0.717) is 11.5 Å². The topological polar surface area (TPSA) is 42.7 Å². The molecule has 1 N–H and O–H groups in total. The minimum atomic E-state index is 0.352. The van der Waals surface area contributed by atoms with Crippen molar-refractivity contribution < 1.29 is 0 Å². The van der Waals surface area contributed by atoms with Crippen LogP contribution in [-0.4, -0.2) is 14.8 Å². The third-order valence-electron chi connectivity index (χ3n) is 5.14. The summed E-state index contributed by atoms with van der Waals surface area (Å²) in [6.45, 7) is 7.64. The lowest BCUT2D eigenvalue weighted by Gasteiger charge is -2.27. The summed E-state index contributed by atoms with van der Waals surface area (Å²) >= 11 is 0. The second-order valence-corrected chi connectivity index (χ2v) is 7.45.